The van der Waals surface area contributed by atoms with Gasteiger partial charge in [0, 0.05) is 23.8 Å². The van der Waals surface area contributed by atoms with Gasteiger partial charge >= 0.3 is 0 Å². The number of nitriles is 1. The molecular weight excluding hydrogens is 400 g/mol. The summed E-state index contributed by atoms with van der Waals surface area (Å²) in [4.78, 5) is 9.09. The van der Waals surface area contributed by atoms with Crippen molar-refractivity contribution in [2.24, 2.45) is 5.92 Å². The van der Waals surface area contributed by atoms with Crippen molar-refractivity contribution in [3.05, 3.63) is 41.9 Å². The summed E-state index contributed by atoms with van der Waals surface area (Å²) in [6.45, 7) is 4.28. The largest absolute Gasteiger partial charge is 0.493 e. The number of benzene rings is 1. The smallest absolute Gasteiger partial charge is 0.234 e. The number of aryl methyl sites for hydroxylation is 1. The zero-order valence-corrected chi connectivity index (χ0v) is 18.7. The highest BCUT2D eigenvalue weighted by Gasteiger charge is 2.22. The predicted molar refractivity (Wildman–Crippen MR) is 124 cm³/mol. The summed E-state index contributed by atoms with van der Waals surface area (Å²) in [5.74, 6) is 1.93. The molecule has 6 nitrogen and oxygen atoms in total. The van der Waals surface area contributed by atoms with Crippen LogP contribution in [0, 0.1) is 24.2 Å². The van der Waals surface area contributed by atoms with Gasteiger partial charge in [0.1, 0.15) is 17.5 Å². The van der Waals surface area contributed by atoms with E-state index in [2.05, 4.69) is 33.6 Å². The first-order valence-electron chi connectivity index (χ1n) is 11.8. The second-order valence-corrected chi connectivity index (χ2v) is 9.11. The maximum atomic E-state index is 9.54. The molecule has 32 heavy (non-hydrogen) atoms. The molecule has 2 fully saturated rings. The highest BCUT2D eigenvalue weighted by atomic mass is 16.5. The average molecular weight is 431 g/mol. The van der Waals surface area contributed by atoms with E-state index < -0.39 is 0 Å². The van der Waals surface area contributed by atoms with Gasteiger partial charge in [0.2, 0.25) is 5.82 Å². The molecular formula is C26H30N4O2. The van der Waals surface area contributed by atoms with Gasteiger partial charge in [-0.1, -0.05) is 32.1 Å². The van der Waals surface area contributed by atoms with Crippen LogP contribution in [0.4, 0.5) is 0 Å². The van der Waals surface area contributed by atoms with Crippen molar-refractivity contribution in [2.45, 2.75) is 57.9 Å². The molecule has 1 saturated carbocycles. The van der Waals surface area contributed by atoms with Crippen molar-refractivity contribution in [3.63, 3.8) is 0 Å². The van der Waals surface area contributed by atoms with E-state index in [1.165, 1.54) is 32.1 Å². The van der Waals surface area contributed by atoms with E-state index in [4.69, 9.17) is 9.47 Å². The van der Waals surface area contributed by atoms with Gasteiger partial charge in [-0.3, -0.25) is 0 Å². The second-order valence-electron chi connectivity index (χ2n) is 9.11. The van der Waals surface area contributed by atoms with E-state index in [1.807, 2.05) is 24.4 Å². The number of ether oxygens (including phenoxy) is 2. The topological polar surface area (TPSA) is 73.0 Å². The van der Waals surface area contributed by atoms with Crippen LogP contribution in [-0.2, 0) is 4.74 Å². The molecule has 0 radical (unpaired) electrons. The molecule has 5 rings (SSSR count). The van der Waals surface area contributed by atoms with Gasteiger partial charge in [0.25, 0.3) is 0 Å². The molecule has 0 N–H and O–H groups in total. The molecule has 6 heteroatoms. The number of rotatable bonds is 6. The van der Waals surface area contributed by atoms with E-state index in [9.17, 15) is 5.26 Å². The van der Waals surface area contributed by atoms with Gasteiger partial charge < -0.3 is 14.0 Å². The molecule has 1 aliphatic heterocycles. The monoisotopic (exact) mass is 430 g/mol. The summed E-state index contributed by atoms with van der Waals surface area (Å²) in [7, 11) is 0. The number of hydrogen-bond acceptors (Lipinski definition) is 5. The summed E-state index contributed by atoms with van der Waals surface area (Å²) in [6.07, 6.45) is 10.9. The Morgan fingerprint density at radius 3 is 2.78 bits per heavy atom. The van der Waals surface area contributed by atoms with Gasteiger partial charge in [-0.05, 0) is 55.5 Å². The molecule has 3 heterocycles. The lowest BCUT2D eigenvalue weighted by molar-refractivity contribution is 0.187. The van der Waals surface area contributed by atoms with Gasteiger partial charge in [-0.15, -0.1) is 0 Å². The molecule has 1 aromatic carbocycles. The fourth-order valence-electron chi connectivity index (χ4n) is 5.11. The first-order valence-corrected chi connectivity index (χ1v) is 11.8. The Labute approximate surface area is 189 Å². The third kappa shape index (κ3) is 4.22. The standard InChI is InChI=1S/C26H30N4O2/c1-18-15-20(7-8-23(18)32-14-10-19-5-3-2-4-6-19)25-22-9-12-30(21-11-13-31-17-21)26(22)29-24(16-27)28-25/h7-9,12,15,19,21H,2-6,10-11,13-14,17H2,1H3. The van der Waals surface area contributed by atoms with Crippen LogP contribution >= 0.6 is 0 Å². The minimum atomic E-state index is 0.192. The zero-order valence-electron chi connectivity index (χ0n) is 18.7. The first-order chi connectivity index (χ1) is 15.7. The maximum Gasteiger partial charge on any atom is 0.234 e. The number of nitrogens with zero attached hydrogens (tertiary/aromatic N) is 4. The Hall–Kier alpha value is -2.91. The van der Waals surface area contributed by atoms with Crippen LogP contribution in [0.5, 0.6) is 5.75 Å². The van der Waals surface area contributed by atoms with E-state index in [-0.39, 0.29) is 11.9 Å². The lowest BCUT2D eigenvalue weighted by Crippen LogP contribution is -2.11. The summed E-state index contributed by atoms with van der Waals surface area (Å²) >= 11 is 0. The lowest BCUT2D eigenvalue weighted by atomic mass is 9.87. The van der Waals surface area contributed by atoms with Gasteiger partial charge in [-0.2, -0.15) is 5.26 Å². The Bertz CT molecular complexity index is 1130. The van der Waals surface area contributed by atoms with Gasteiger partial charge in [0.05, 0.1) is 24.9 Å². The normalized spacial score (nSPS) is 19.3. The fraction of sp³-hybridized carbons (Fsp3) is 0.500. The molecule has 1 saturated heterocycles. The number of fused-ring (bicyclic) bond motifs is 1. The minimum Gasteiger partial charge on any atom is -0.493 e. The van der Waals surface area contributed by atoms with Gasteiger partial charge in [-0.25, -0.2) is 9.97 Å². The second kappa shape index (κ2) is 9.30. The summed E-state index contributed by atoms with van der Waals surface area (Å²) in [5.41, 5.74) is 3.65. The molecule has 2 aromatic heterocycles. The third-order valence-corrected chi connectivity index (χ3v) is 6.93. The van der Waals surface area contributed by atoms with Crippen LogP contribution < -0.4 is 4.74 Å². The minimum absolute atomic E-state index is 0.192. The van der Waals surface area contributed by atoms with Crippen LogP contribution in [0.2, 0.25) is 0 Å². The lowest BCUT2D eigenvalue weighted by Gasteiger charge is -2.21. The van der Waals surface area contributed by atoms with Crippen LogP contribution in [-0.4, -0.2) is 34.4 Å². The highest BCUT2D eigenvalue weighted by molar-refractivity contribution is 5.91. The van der Waals surface area contributed by atoms with Crippen LogP contribution in [0.25, 0.3) is 22.3 Å². The van der Waals surface area contributed by atoms with Crippen molar-refractivity contribution in [2.75, 3.05) is 19.8 Å². The summed E-state index contributed by atoms with van der Waals surface area (Å²) in [5, 5.41) is 10.5. The van der Waals surface area contributed by atoms with Crippen LogP contribution in [0.1, 0.15) is 62.4 Å². The molecule has 0 spiro atoms. The Morgan fingerprint density at radius 2 is 2.03 bits per heavy atom. The Kier molecular flexibility index (Phi) is 6.09. The molecule has 1 unspecified atom stereocenters. The van der Waals surface area contributed by atoms with Gasteiger partial charge in [0.15, 0.2) is 0 Å². The van der Waals surface area contributed by atoms with Crippen LogP contribution in [0.3, 0.4) is 0 Å². The molecule has 0 bridgehead atoms. The fourth-order valence-corrected chi connectivity index (χ4v) is 5.11. The van der Waals surface area contributed by atoms with E-state index in [0.717, 1.165) is 65.6 Å². The predicted octanol–water partition coefficient (Wildman–Crippen LogP) is 5.59. The molecule has 0 amide bonds. The van der Waals surface area contributed by atoms with Crippen molar-refractivity contribution in [1.29, 1.82) is 5.26 Å². The summed E-state index contributed by atoms with van der Waals surface area (Å²) in [6, 6.07) is 10.6. The molecule has 1 aliphatic carbocycles. The molecule has 2 aliphatic rings. The van der Waals surface area contributed by atoms with Crippen molar-refractivity contribution in [1.82, 2.24) is 14.5 Å². The van der Waals surface area contributed by atoms with E-state index >= 15 is 0 Å². The first kappa shape index (κ1) is 21.0. The van der Waals surface area contributed by atoms with E-state index in [0.29, 0.717) is 6.61 Å². The van der Waals surface area contributed by atoms with Crippen LogP contribution in [0.15, 0.2) is 30.5 Å². The third-order valence-electron chi connectivity index (χ3n) is 6.93. The Morgan fingerprint density at radius 1 is 1.16 bits per heavy atom. The summed E-state index contributed by atoms with van der Waals surface area (Å²) < 4.78 is 13.8. The van der Waals surface area contributed by atoms with Crippen molar-refractivity contribution in [3.8, 4) is 23.1 Å². The zero-order chi connectivity index (χ0) is 21.9. The van der Waals surface area contributed by atoms with E-state index in [1.54, 1.807) is 0 Å². The average Bonchev–Trinajstić information content (AvgIpc) is 3.50. The number of hydrogen-bond donors (Lipinski definition) is 0. The SMILES string of the molecule is Cc1cc(-c2nc(C#N)nc3c2ccn3C2CCOC2)ccc1OCCC1CCCCC1. The number of aromatic nitrogens is 3. The quantitative estimate of drug-likeness (QED) is 0.510. The Balaban J connectivity index is 1.39. The highest BCUT2D eigenvalue weighted by Crippen LogP contribution is 2.33. The maximum absolute atomic E-state index is 9.54. The molecule has 166 valence electrons. The molecule has 1 atom stereocenters. The van der Waals surface area contributed by atoms with Crippen molar-refractivity contribution >= 4 is 11.0 Å². The van der Waals surface area contributed by atoms with Crippen molar-refractivity contribution < 1.29 is 9.47 Å². The molecule has 3 aromatic rings.